The number of rotatable bonds is 2. The van der Waals surface area contributed by atoms with Gasteiger partial charge >= 0.3 is 11.4 Å². The summed E-state index contributed by atoms with van der Waals surface area (Å²) in [6, 6.07) is 9.24. The van der Waals surface area contributed by atoms with Crippen molar-refractivity contribution < 1.29 is 0 Å². The monoisotopic (exact) mass is 375 g/mol. The number of para-hydroxylation sites is 1. The molecule has 0 aliphatic heterocycles. The number of fused-ring (bicyclic) bond motifs is 3. The molecule has 0 saturated heterocycles. The summed E-state index contributed by atoms with van der Waals surface area (Å²) in [6.45, 7) is 4.40. The molecule has 3 fully saturated rings. The molecule has 144 valence electrons. The molecular formula is C23H25N3O2. The summed E-state index contributed by atoms with van der Waals surface area (Å²) < 4.78 is 2.92. The van der Waals surface area contributed by atoms with E-state index in [1.54, 1.807) is 16.8 Å². The summed E-state index contributed by atoms with van der Waals surface area (Å²) >= 11 is 0. The van der Waals surface area contributed by atoms with Gasteiger partial charge in [-0.25, -0.2) is 23.9 Å². The first-order valence-electron chi connectivity index (χ1n) is 10.4. The first kappa shape index (κ1) is 16.4. The average Bonchev–Trinajstić information content (AvgIpc) is 3.02. The molecule has 4 aliphatic carbocycles. The van der Waals surface area contributed by atoms with Gasteiger partial charge in [-0.15, -0.1) is 0 Å². The van der Waals surface area contributed by atoms with Gasteiger partial charge in [0.2, 0.25) is 0 Å². The first-order chi connectivity index (χ1) is 13.5. The van der Waals surface area contributed by atoms with Crippen molar-refractivity contribution >= 4 is 0 Å². The SMILES string of the molecule is CC(C)=C1C[C@H](n2[nH]c(=O)n(-c3ccccc3)c2=O)[C@H]2[C@@H]1[C@H]1C=C[C@H]2C12CC2. The van der Waals surface area contributed by atoms with E-state index in [1.807, 2.05) is 18.2 Å². The van der Waals surface area contributed by atoms with Crippen molar-refractivity contribution in [3.8, 4) is 5.69 Å². The Morgan fingerprint density at radius 2 is 1.79 bits per heavy atom. The van der Waals surface area contributed by atoms with Crippen LogP contribution in [0, 0.1) is 29.1 Å². The van der Waals surface area contributed by atoms with Gasteiger partial charge in [0.1, 0.15) is 0 Å². The maximum atomic E-state index is 13.3. The molecule has 1 heterocycles. The fraction of sp³-hybridized carbons (Fsp3) is 0.478. The highest BCUT2D eigenvalue weighted by molar-refractivity contribution is 5.39. The molecule has 0 radical (unpaired) electrons. The summed E-state index contributed by atoms with van der Waals surface area (Å²) in [6.07, 6.45) is 8.35. The Hall–Kier alpha value is -2.56. The van der Waals surface area contributed by atoms with Crippen LogP contribution in [0.5, 0.6) is 0 Å². The van der Waals surface area contributed by atoms with Crippen molar-refractivity contribution in [3.05, 3.63) is 74.6 Å². The van der Waals surface area contributed by atoms with E-state index in [9.17, 15) is 9.59 Å². The average molecular weight is 375 g/mol. The highest BCUT2D eigenvalue weighted by atomic mass is 16.2. The molecule has 6 rings (SSSR count). The first-order valence-corrected chi connectivity index (χ1v) is 10.4. The van der Waals surface area contributed by atoms with Crippen LogP contribution in [-0.4, -0.2) is 14.3 Å². The Labute approximate surface area is 163 Å². The van der Waals surface area contributed by atoms with Crippen molar-refractivity contribution in [2.45, 2.75) is 39.2 Å². The molecule has 3 saturated carbocycles. The smallest absolute Gasteiger partial charge is 0.246 e. The van der Waals surface area contributed by atoms with Crippen molar-refractivity contribution in [3.63, 3.8) is 0 Å². The lowest BCUT2D eigenvalue weighted by Gasteiger charge is -2.26. The summed E-state index contributed by atoms with van der Waals surface area (Å²) in [4.78, 5) is 26.0. The highest BCUT2D eigenvalue weighted by Gasteiger charge is 2.70. The minimum Gasteiger partial charge on any atom is -0.246 e. The van der Waals surface area contributed by atoms with Crippen LogP contribution in [0.25, 0.3) is 5.69 Å². The number of benzene rings is 1. The number of hydrogen-bond acceptors (Lipinski definition) is 2. The van der Waals surface area contributed by atoms with E-state index in [0.29, 0.717) is 34.8 Å². The zero-order valence-corrected chi connectivity index (χ0v) is 16.3. The van der Waals surface area contributed by atoms with Gasteiger partial charge < -0.3 is 0 Å². The van der Waals surface area contributed by atoms with Crippen LogP contribution in [0.2, 0.25) is 0 Å². The Bertz CT molecular complexity index is 1140. The summed E-state index contributed by atoms with van der Waals surface area (Å²) in [5, 5.41) is 2.90. The van der Waals surface area contributed by atoms with Crippen LogP contribution < -0.4 is 11.4 Å². The number of nitrogens with zero attached hydrogens (tertiary/aromatic N) is 2. The molecule has 5 atom stereocenters. The lowest BCUT2D eigenvalue weighted by Crippen LogP contribution is -2.32. The molecule has 1 aromatic heterocycles. The Morgan fingerprint density at radius 1 is 1.07 bits per heavy atom. The van der Waals surface area contributed by atoms with E-state index in [2.05, 4.69) is 31.1 Å². The van der Waals surface area contributed by atoms with Crippen LogP contribution >= 0.6 is 0 Å². The molecular weight excluding hydrogens is 350 g/mol. The summed E-state index contributed by atoms with van der Waals surface area (Å²) in [5.41, 5.74) is 3.37. The number of aromatic nitrogens is 3. The van der Waals surface area contributed by atoms with E-state index < -0.39 is 0 Å². The number of H-pyrrole nitrogens is 1. The van der Waals surface area contributed by atoms with E-state index >= 15 is 0 Å². The molecule has 1 aromatic carbocycles. The molecule has 0 amide bonds. The molecule has 2 bridgehead atoms. The van der Waals surface area contributed by atoms with Crippen LogP contribution in [0.1, 0.15) is 39.2 Å². The standard InChI is InChI=1S/C23H25N3O2/c1-13(2)15-12-18(20-17-9-8-16(19(15)20)23(17)10-11-23)26-22(28)25(21(27)24-26)14-6-4-3-5-7-14/h3-9,16-20H,10-12H2,1-2H3,(H,24,27)/t16-,17-,18+,19+,20+/m1/s1. The van der Waals surface area contributed by atoms with Crippen molar-refractivity contribution in [2.75, 3.05) is 0 Å². The topological polar surface area (TPSA) is 59.8 Å². The lowest BCUT2D eigenvalue weighted by atomic mass is 9.82. The van der Waals surface area contributed by atoms with Crippen molar-refractivity contribution in [2.24, 2.45) is 29.1 Å². The number of allylic oxidation sites excluding steroid dienone is 4. The second-order valence-corrected chi connectivity index (χ2v) is 9.31. The number of aromatic amines is 1. The Morgan fingerprint density at radius 3 is 2.46 bits per heavy atom. The van der Waals surface area contributed by atoms with Crippen molar-refractivity contribution in [1.29, 1.82) is 0 Å². The highest BCUT2D eigenvalue weighted by Crippen LogP contribution is 2.77. The van der Waals surface area contributed by atoms with Gasteiger partial charge in [-0.05, 0) is 74.3 Å². The van der Waals surface area contributed by atoms with Crippen LogP contribution in [0.15, 0.2) is 63.2 Å². The van der Waals surface area contributed by atoms with Gasteiger partial charge in [0.05, 0.1) is 11.7 Å². The zero-order chi connectivity index (χ0) is 19.2. The minimum absolute atomic E-state index is 0.0393. The van der Waals surface area contributed by atoms with Crippen LogP contribution in [0.4, 0.5) is 0 Å². The number of nitrogens with one attached hydrogen (secondary N) is 1. The van der Waals surface area contributed by atoms with Gasteiger partial charge in [-0.3, -0.25) is 0 Å². The molecule has 0 unspecified atom stereocenters. The van der Waals surface area contributed by atoms with E-state index in [1.165, 1.54) is 28.6 Å². The van der Waals surface area contributed by atoms with E-state index in [4.69, 9.17) is 0 Å². The van der Waals surface area contributed by atoms with E-state index in [-0.39, 0.29) is 17.4 Å². The third kappa shape index (κ3) is 1.87. The third-order valence-corrected chi connectivity index (χ3v) is 7.98. The molecule has 5 heteroatoms. The van der Waals surface area contributed by atoms with Crippen molar-refractivity contribution in [1.82, 2.24) is 14.3 Å². The largest absolute Gasteiger partial charge is 0.351 e. The van der Waals surface area contributed by atoms with Gasteiger partial charge in [-0.1, -0.05) is 41.5 Å². The maximum absolute atomic E-state index is 13.3. The molecule has 1 N–H and O–H groups in total. The van der Waals surface area contributed by atoms with Crippen LogP contribution in [0.3, 0.4) is 0 Å². The third-order valence-electron chi connectivity index (χ3n) is 7.98. The molecule has 5 nitrogen and oxygen atoms in total. The molecule has 4 aliphatic rings. The normalized spacial score (nSPS) is 33.6. The summed E-state index contributed by atoms with van der Waals surface area (Å²) in [5.74, 6) is 2.11. The Kier molecular flexibility index (Phi) is 3.09. The Balaban J connectivity index is 1.50. The second kappa shape index (κ2) is 5.28. The fourth-order valence-corrected chi connectivity index (χ4v) is 6.76. The molecule has 28 heavy (non-hydrogen) atoms. The van der Waals surface area contributed by atoms with E-state index in [0.717, 1.165) is 6.42 Å². The van der Waals surface area contributed by atoms with Gasteiger partial charge in [0.15, 0.2) is 0 Å². The summed E-state index contributed by atoms with van der Waals surface area (Å²) in [7, 11) is 0. The minimum atomic E-state index is -0.349. The molecule has 2 aromatic rings. The van der Waals surface area contributed by atoms with Gasteiger partial charge in [0, 0.05) is 0 Å². The fourth-order valence-electron chi connectivity index (χ4n) is 6.76. The van der Waals surface area contributed by atoms with Gasteiger partial charge in [-0.2, -0.15) is 0 Å². The molecule has 1 spiro atoms. The zero-order valence-electron chi connectivity index (χ0n) is 16.3. The second-order valence-electron chi connectivity index (χ2n) is 9.31. The predicted molar refractivity (Wildman–Crippen MR) is 107 cm³/mol. The van der Waals surface area contributed by atoms with Crippen LogP contribution in [-0.2, 0) is 0 Å². The maximum Gasteiger partial charge on any atom is 0.351 e. The van der Waals surface area contributed by atoms with Gasteiger partial charge in [0.25, 0.3) is 0 Å². The lowest BCUT2D eigenvalue weighted by molar-refractivity contribution is 0.254. The number of hydrogen-bond donors (Lipinski definition) is 1. The predicted octanol–water partition coefficient (Wildman–Crippen LogP) is 3.44. The quantitative estimate of drug-likeness (QED) is 0.818.